The van der Waals surface area contributed by atoms with Crippen LogP contribution in [0.5, 0.6) is 5.75 Å². The molecule has 2 N–H and O–H groups in total. The third kappa shape index (κ3) is 3.13. The molecule has 0 fully saturated rings. The molecule has 124 valence electrons. The van der Waals surface area contributed by atoms with Gasteiger partial charge in [-0.3, -0.25) is 19.7 Å². The molecule has 1 aromatic carbocycles. The number of non-ortho nitro benzene ring substituents is 1. The zero-order valence-electron chi connectivity index (χ0n) is 12.7. The highest BCUT2D eigenvalue weighted by molar-refractivity contribution is 6.07. The van der Waals surface area contributed by atoms with E-state index in [-0.39, 0.29) is 28.2 Å². The number of rotatable bonds is 4. The van der Waals surface area contributed by atoms with Gasteiger partial charge in [-0.25, -0.2) is 4.98 Å². The van der Waals surface area contributed by atoms with Gasteiger partial charge in [-0.15, -0.1) is 0 Å². The summed E-state index contributed by atoms with van der Waals surface area (Å²) in [6, 6.07) is 8.26. The van der Waals surface area contributed by atoms with E-state index in [0.717, 1.165) is 6.08 Å². The summed E-state index contributed by atoms with van der Waals surface area (Å²) >= 11 is 0. The van der Waals surface area contributed by atoms with Crippen molar-refractivity contribution in [3.05, 3.63) is 80.3 Å². The average Bonchev–Trinajstić information content (AvgIpc) is 2.61. The minimum atomic E-state index is -0.587. The second kappa shape index (κ2) is 6.36. The Morgan fingerprint density at radius 3 is 2.64 bits per heavy atom. The predicted molar refractivity (Wildman–Crippen MR) is 90.5 cm³/mol. The SMILES string of the molecule is O=C(/C=C/c1c(O)c2cccnc2[nH]c1=O)c1ccc([N+](=O)[O-])cc1. The molecule has 0 unspecified atom stereocenters. The van der Waals surface area contributed by atoms with E-state index in [1.165, 1.54) is 36.5 Å². The summed E-state index contributed by atoms with van der Waals surface area (Å²) in [4.78, 5) is 40.7. The molecule has 0 amide bonds. The molecule has 0 atom stereocenters. The van der Waals surface area contributed by atoms with Crippen LogP contribution in [0, 0.1) is 10.1 Å². The number of nitro groups is 1. The fourth-order valence-corrected chi connectivity index (χ4v) is 2.28. The van der Waals surface area contributed by atoms with E-state index in [0.29, 0.717) is 5.39 Å². The van der Waals surface area contributed by atoms with Crippen LogP contribution in [0.1, 0.15) is 15.9 Å². The summed E-state index contributed by atoms with van der Waals surface area (Å²) in [5.74, 6) is -0.736. The summed E-state index contributed by atoms with van der Waals surface area (Å²) < 4.78 is 0. The van der Waals surface area contributed by atoms with Gasteiger partial charge in [0, 0.05) is 23.9 Å². The number of carbonyl (C=O) groups is 1. The number of fused-ring (bicyclic) bond motifs is 1. The van der Waals surface area contributed by atoms with Crippen molar-refractivity contribution in [3.8, 4) is 5.75 Å². The maximum atomic E-state index is 12.1. The number of nitrogens with zero attached hydrogens (tertiary/aromatic N) is 2. The third-order valence-electron chi connectivity index (χ3n) is 3.56. The lowest BCUT2D eigenvalue weighted by Crippen LogP contribution is -2.10. The predicted octanol–water partition coefficient (Wildman–Crippen LogP) is 2.43. The monoisotopic (exact) mass is 337 g/mol. The van der Waals surface area contributed by atoms with Gasteiger partial charge in [0.15, 0.2) is 5.78 Å². The molecular formula is C17H11N3O5. The average molecular weight is 337 g/mol. The third-order valence-corrected chi connectivity index (χ3v) is 3.56. The Morgan fingerprint density at radius 2 is 1.96 bits per heavy atom. The molecule has 8 heteroatoms. The Balaban J connectivity index is 1.94. The van der Waals surface area contributed by atoms with E-state index in [9.17, 15) is 24.8 Å². The summed E-state index contributed by atoms with van der Waals surface area (Å²) in [5.41, 5.74) is -0.326. The number of aromatic hydroxyl groups is 1. The maximum Gasteiger partial charge on any atom is 0.269 e. The van der Waals surface area contributed by atoms with Gasteiger partial charge in [0.05, 0.1) is 15.9 Å². The van der Waals surface area contributed by atoms with Gasteiger partial charge >= 0.3 is 0 Å². The Bertz CT molecular complexity index is 1070. The number of carbonyl (C=O) groups excluding carboxylic acids is 1. The molecule has 0 aliphatic carbocycles. The Hall–Kier alpha value is -3.81. The number of hydrogen-bond acceptors (Lipinski definition) is 6. The minimum absolute atomic E-state index is 0.0734. The van der Waals surface area contributed by atoms with Crippen LogP contribution in [-0.4, -0.2) is 25.8 Å². The topological polar surface area (TPSA) is 126 Å². The van der Waals surface area contributed by atoms with Crippen molar-refractivity contribution in [1.82, 2.24) is 9.97 Å². The van der Waals surface area contributed by atoms with Crippen LogP contribution in [0.25, 0.3) is 17.1 Å². The van der Waals surface area contributed by atoms with Crippen molar-refractivity contribution in [1.29, 1.82) is 0 Å². The van der Waals surface area contributed by atoms with Gasteiger partial charge < -0.3 is 10.1 Å². The van der Waals surface area contributed by atoms with E-state index in [1.807, 2.05) is 0 Å². The first-order valence-corrected chi connectivity index (χ1v) is 7.14. The highest BCUT2D eigenvalue weighted by atomic mass is 16.6. The van der Waals surface area contributed by atoms with Crippen LogP contribution in [0.3, 0.4) is 0 Å². The fourth-order valence-electron chi connectivity index (χ4n) is 2.28. The highest BCUT2D eigenvalue weighted by Gasteiger charge is 2.11. The maximum absolute atomic E-state index is 12.1. The van der Waals surface area contributed by atoms with Crippen LogP contribution in [0.4, 0.5) is 5.69 Å². The molecule has 8 nitrogen and oxygen atoms in total. The quantitative estimate of drug-likeness (QED) is 0.326. The standard InChI is InChI=1S/C17H11N3O5/c21-14(10-3-5-11(6-4-10)20(24)25)8-7-13-15(22)12-2-1-9-18-16(12)19-17(13)23/h1-9H,(H2,18,19,22,23)/b8-7+. The number of benzene rings is 1. The number of ketones is 1. The van der Waals surface area contributed by atoms with Crippen molar-refractivity contribution in [3.63, 3.8) is 0 Å². The van der Waals surface area contributed by atoms with Gasteiger partial charge in [-0.05, 0) is 36.4 Å². The largest absolute Gasteiger partial charge is 0.506 e. The second-order valence-corrected chi connectivity index (χ2v) is 5.12. The molecule has 0 bridgehead atoms. The van der Waals surface area contributed by atoms with Gasteiger partial charge in [0.1, 0.15) is 11.4 Å². The van der Waals surface area contributed by atoms with E-state index in [1.54, 1.807) is 12.1 Å². The molecular weight excluding hydrogens is 326 g/mol. The first-order valence-electron chi connectivity index (χ1n) is 7.14. The van der Waals surface area contributed by atoms with Crippen molar-refractivity contribution in [2.24, 2.45) is 0 Å². The highest BCUT2D eigenvalue weighted by Crippen LogP contribution is 2.24. The number of nitro benzene ring substituents is 1. The molecule has 0 saturated heterocycles. The fraction of sp³-hybridized carbons (Fsp3) is 0. The number of allylic oxidation sites excluding steroid dienone is 1. The van der Waals surface area contributed by atoms with Crippen LogP contribution in [0.2, 0.25) is 0 Å². The lowest BCUT2D eigenvalue weighted by atomic mass is 10.1. The smallest absolute Gasteiger partial charge is 0.269 e. The van der Waals surface area contributed by atoms with Gasteiger partial charge in [0.25, 0.3) is 11.2 Å². The molecule has 0 aliphatic heterocycles. The second-order valence-electron chi connectivity index (χ2n) is 5.12. The van der Waals surface area contributed by atoms with Crippen molar-refractivity contribution < 1.29 is 14.8 Å². The van der Waals surface area contributed by atoms with Crippen molar-refractivity contribution in [2.75, 3.05) is 0 Å². The normalized spacial score (nSPS) is 11.0. The summed E-state index contributed by atoms with van der Waals surface area (Å²) in [7, 11) is 0. The summed E-state index contributed by atoms with van der Waals surface area (Å²) in [6.07, 6.45) is 3.79. The Kier molecular flexibility index (Phi) is 4.09. The molecule has 2 heterocycles. The molecule has 0 spiro atoms. The summed E-state index contributed by atoms with van der Waals surface area (Å²) in [6.45, 7) is 0. The van der Waals surface area contributed by atoms with Gasteiger partial charge in [-0.1, -0.05) is 0 Å². The van der Waals surface area contributed by atoms with Crippen LogP contribution >= 0.6 is 0 Å². The van der Waals surface area contributed by atoms with E-state index < -0.39 is 16.3 Å². The number of aromatic nitrogens is 2. The zero-order chi connectivity index (χ0) is 18.0. The molecule has 0 saturated carbocycles. The number of pyridine rings is 2. The van der Waals surface area contributed by atoms with Gasteiger partial charge in [0.2, 0.25) is 0 Å². The molecule has 25 heavy (non-hydrogen) atoms. The van der Waals surface area contributed by atoms with Crippen LogP contribution in [-0.2, 0) is 0 Å². The van der Waals surface area contributed by atoms with Crippen molar-refractivity contribution >= 4 is 28.6 Å². The van der Waals surface area contributed by atoms with E-state index >= 15 is 0 Å². The molecule has 0 aliphatic rings. The minimum Gasteiger partial charge on any atom is -0.506 e. The lowest BCUT2D eigenvalue weighted by Gasteiger charge is -2.03. The molecule has 2 aromatic heterocycles. The number of hydrogen-bond donors (Lipinski definition) is 2. The number of aromatic amines is 1. The molecule has 0 radical (unpaired) electrons. The molecule has 3 rings (SSSR count). The number of nitrogens with one attached hydrogen (secondary N) is 1. The first-order chi connectivity index (χ1) is 12.0. The first kappa shape index (κ1) is 16.1. The Morgan fingerprint density at radius 1 is 1.24 bits per heavy atom. The Labute approximate surface area is 140 Å². The zero-order valence-corrected chi connectivity index (χ0v) is 12.7. The van der Waals surface area contributed by atoms with Crippen molar-refractivity contribution in [2.45, 2.75) is 0 Å². The van der Waals surface area contributed by atoms with Crippen LogP contribution in [0.15, 0.2) is 53.5 Å². The van der Waals surface area contributed by atoms with E-state index in [4.69, 9.17) is 0 Å². The van der Waals surface area contributed by atoms with Gasteiger partial charge in [-0.2, -0.15) is 0 Å². The molecule has 3 aromatic rings. The number of H-pyrrole nitrogens is 1. The van der Waals surface area contributed by atoms with E-state index in [2.05, 4.69) is 9.97 Å². The lowest BCUT2D eigenvalue weighted by molar-refractivity contribution is -0.384. The summed E-state index contributed by atoms with van der Waals surface area (Å²) in [5, 5.41) is 21.2. The van der Waals surface area contributed by atoms with Crippen LogP contribution < -0.4 is 5.56 Å².